The fourth-order valence-electron chi connectivity index (χ4n) is 1.98. The van der Waals surface area contributed by atoms with Crippen molar-refractivity contribution in [3.05, 3.63) is 0 Å². The van der Waals surface area contributed by atoms with E-state index in [0.717, 1.165) is 31.8 Å². The first-order valence-electron chi connectivity index (χ1n) is 5.09. The van der Waals surface area contributed by atoms with Crippen LogP contribution in [0.4, 0.5) is 0 Å². The van der Waals surface area contributed by atoms with Crippen molar-refractivity contribution >= 4 is 5.78 Å². The molecular formula is C10H17NO. The maximum atomic E-state index is 11.5. The Morgan fingerprint density at radius 2 is 2.08 bits per heavy atom. The van der Waals surface area contributed by atoms with Gasteiger partial charge >= 0.3 is 0 Å². The van der Waals surface area contributed by atoms with E-state index in [9.17, 15) is 4.79 Å². The Labute approximate surface area is 73.7 Å². The molecular weight excluding hydrogens is 150 g/mol. The molecule has 0 aromatic rings. The van der Waals surface area contributed by atoms with Crippen LogP contribution in [0, 0.1) is 11.8 Å². The summed E-state index contributed by atoms with van der Waals surface area (Å²) >= 11 is 0. The standard InChI is InChI=1S/C10H17NO/c12-10-4-6-11-5-3-9(10)7-8-1-2-8/h8-9,11H,1-7H2. The molecule has 0 spiro atoms. The van der Waals surface area contributed by atoms with Crippen LogP contribution in [0.2, 0.25) is 0 Å². The van der Waals surface area contributed by atoms with Crippen LogP contribution in [-0.2, 0) is 4.79 Å². The highest BCUT2D eigenvalue weighted by Gasteiger charge is 2.29. The van der Waals surface area contributed by atoms with Crippen molar-refractivity contribution in [2.24, 2.45) is 11.8 Å². The van der Waals surface area contributed by atoms with Gasteiger partial charge in [-0.25, -0.2) is 0 Å². The number of rotatable bonds is 2. The zero-order chi connectivity index (χ0) is 8.39. The van der Waals surface area contributed by atoms with Crippen LogP contribution in [0.25, 0.3) is 0 Å². The molecule has 68 valence electrons. The predicted octanol–water partition coefficient (Wildman–Crippen LogP) is 1.36. The Kier molecular flexibility index (Phi) is 2.45. The molecule has 2 rings (SSSR count). The first-order chi connectivity index (χ1) is 5.86. The molecule has 0 bridgehead atoms. The second-order valence-corrected chi connectivity index (χ2v) is 4.13. The summed E-state index contributed by atoms with van der Waals surface area (Å²) in [6, 6.07) is 0. The molecule has 2 aliphatic rings. The van der Waals surface area contributed by atoms with Gasteiger partial charge in [-0.15, -0.1) is 0 Å². The normalized spacial score (nSPS) is 31.7. The number of hydrogen-bond acceptors (Lipinski definition) is 2. The lowest BCUT2D eigenvalue weighted by atomic mass is 9.93. The zero-order valence-electron chi connectivity index (χ0n) is 7.51. The second-order valence-electron chi connectivity index (χ2n) is 4.13. The van der Waals surface area contributed by atoms with Crippen LogP contribution in [-0.4, -0.2) is 18.9 Å². The number of carbonyl (C=O) groups is 1. The smallest absolute Gasteiger partial charge is 0.137 e. The lowest BCUT2D eigenvalue weighted by Crippen LogP contribution is -2.14. The first-order valence-corrected chi connectivity index (χ1v) is 5.09. The van der Waals surface area contributed by atoms with Gasteiger partial charge in [0.2, 0.25) is 0 Å². The molecule has 0 amide bonds. The van der Waals surface area contributed by atoms with Crippen molar-refractivity contribution in [3.8, 4) is 0 Å². The number of hydrogen-bond donors (Lipinski definition) is 1. The van der Waals surface area contributed by atoms with Crippen LogP contribution in [0.1, 0.15) is 32.1 Å². The third kappa shape index (κ3) is 2.07. The van der Waals surface area contributed by atoms with Crippen molar-refractivity contribution in [3.63, 3.8) is 0 Å². The summed E-state index contributed by atoms with van der Waals surface area (Å²) in [5, 5.41) is 3.28. The highest BCUT2D eigenvalue weighted by molar-refractivity contribution is 5.81. The molecule has 2 nitrogen and oxygen atoms in total. The fraction of sp³-hybridized carbons (Fsp3) is 0.900. The number of nitrogens with one attached hydrogen (secondary N) is 1. The number of ketones is 1. The zero-order valence-corrected chi connectivity index (χ0v) is 7.51. The van der Waals surface area contributed by atoms with Crippen molar-refractivity contribution in [1.82, 2.24) is 5.32 Å². The maximum Gasteiger partial charge on any atom is 0.137 e. The van der Waals surface area contributed by atoms with Gasteiger partial charge in [-0.05, 0) is 25.3 Å². The summed E-state index contributed by atoms with van der Waals surface area (Å²) in [5.41, 5.74) is 0. The molecule has 1 unspecified atom stereocenters. The van der Waals surface area contributed by atoms with E-state index in [-0.39, 0.29) is 0 Å². The molecule has 1 saturated carbocycles. The molecule has 1 aliphatic carbocycles. The van der Waals surface area contributed by atoms with Gasteiger partial charge in [0.25, 0.3) is 0 Å². The van der Waals surface area contributed by atoms with Gasteiger partial charge in [0, 0.05) is 18.9 Å². The Morgan fingerprint density at radius 3 is 2.83 bits per heavy atom. The van der Waals surface area contributed by atoms with Gasteiger partial charge in [-0.3, -0.25) is 4.79 Å². The van der Waals surface area contributed by atoms with E-state index < -0.39 is 0 Å². The van der Waals surface area contributed by atoms with Crippen LogP contribution < -0.4 is 5.32 Å². The molecule has 1 atom stereocenters. The molecule has 0 aromatic carbocycles. The van der Waals surface area contributed by atoms with Crippen molar-refractivity contribution in [1.29, 1.82) is 0 Å². The largest absolute Gasteiger partial charge is 0.316 e. The van der Waals surface area contributed by atoms with Crippen molar-refractivity contribution in [2.75, 3.05) is 13.1 Å². The summed E-state index contributed by atoms with van der Waals surface area (Å²) in [6.07, 6.45) is 5.77. The van der Waals surface area contributed by atoms with Gasteiger partial charge in [0.1, 0.15) is 5.78 Å². The van der Waals surface area contributed by atoms with Gasteiger partial charge in [0.05, 0.1) is 0 Å². The Hall–Kier alpha value is -0.370. The van der Waals surface area contributed by atoms with Crippen molar-refractivity contribution < 1.29 is 4.79 Å². The second kappa shape index (κ2) is 3.56. The number of Topliss-reactive ketones (excluding diaryl/α,β-unsaturated/α-hetero) is 1. The Bertz CT molecular complexity index is 175. The quantitative estimate of drug-likeness (QED) is 0.672. The summed E-state index contributed by atoms with van der Waals surface area (Å²) in [6.45, 7) is 1.95. The van der Waals surface area contributed by atoms with Crippen LogP contribution >= 0.6 is 0 Å². The summed E-state index contributed by atoms with van der Waals surface area (Å²) in [5.74, 6) is 1.80. The summed E-state index contributed by atoms with van der Waals surface area (Å²) < 4.78 is 0. The third-order valence-corrected chi connectivity index (χ3v) is 2.99. The molecule has 1 heterocycles. The monoisotopic (exact) mass is 167 g/mol. The van der Waals surface area contributed by atoms with Gasteiger partial charge in [0.15, 0.2) is 0 Å². The topological polar surface area (TPSA) is 29.1 Å². The highest BCUT2D eigenvalue weighted by atomic mass is 16.1. The van der Waals surface area contributed by atoms with E-state index in [1.807, 2.05) is 0 Å². The number of carbonyl (C=O) groups excluding carboxylic acids is 1. The molecule has 2 heteroatoms. The minimum absolute atomic E-state index is 0.396. The SMILES string of the molecule is O=C1CCNCCC1CC1CC1. The average molecular weight is 167 g/mol. The minimum Gasteiger partial charge on any atom is -0.316 e. The van der Waals surface area contributed by atoms with Gasteiger partial charge in [-0.1, -0.05) is 12.8 Å². The summed E-state index contributed by atoms with van der Waals surface area (Å²) in [4.78, 5) is 11.5. The highest BCUT2D eigenvalue weighted by Crippen LogP contribution is 2.36. The average Bonchev–Trinajstić information content (AvgIpc) is 2.84. The van der Waals surface area contributed by atoms with E-state index in [0.29, 0.717) is 11.7 Å². The van der Waals surface area contributed by atoms with Gasteiger partial charge in [-0.2, -0.15) is 0 Å². The minimum atomic E-state index is 0.396. The van der Waals surface area contributed by atoms with E-state index >= 15 is 0 Å². The Morgan fingerprint density at radius 1 is 1.25 bits per heavy atom. The van der Waals surface area contributed by atoms with Crippen LogP contribution in [0.15, 0.2) is 0 Å². The Balaban J connectivity index is 1.85. The van der Waals surface area contributed by atoms with E-state index in [2.05, 4.69) is 5.32 Å². The maximum absolute atomic E-state index is 11.5. The fourth-order valence-corrected chi connectivity index (χ4v) is 1.98. The van der Waals surface area contributed by atoms with Crippen LogP contribution in [0.3, 0.4) is 0 Å². The molecule has 12 heavy (non-hydrogen) atoms. The van der Waals surface area contributed by atoms with E-state index in [1.165, 1.54) is 19.3 Å². The predicted molar refractivity (Wildman–Crippen MR) is 47.9 cm³/mol. The van der Waals surface area contributed by atoms with Crippen molar-refractivity contribution in [2.45, 2.75) is 32.1 Å². The summed E-state index contributed by atoms with van der Waals surface area (Å²) in [7, 11) is 0. The van der Waals surface area contributed by atoms with Gasteiger partial charge < -0.3 is 5.32 Å². The molecule has 1 aliphatic heterocycles. The van der Waals surface area contributed by atoms with E-state index in [1.54, 1.807) is 0 Å². The van der Waals surface area contributed by atoms with E-state index in [4.69, 9.17) is 0 Å². The third-order valence-electron chi connectivity index (χ3n) is 2.99. The molecule has 0 aromatic heterocycles. The molecule has 1 saturated heterocycles. The molecule has 0 radical (unpaired) electrons. The first kappa shape index (κ1) is 8.24. The van der Waals surface area contributed by atoms with Crippen LogP contribution in [0.5, 0.6) is 0 Å². The lowest BCUT2D eigenvalue weighted by Gasteiger charge is -2.10. The molecule has 1 N–H and O–H groups in total. The molecule has 2 fully saturated rings. The lowest BCUT2D eigenvalue weighted by molar-refractivity contribution is -0.122.